The third-order valence-corrected chi connectivity index (χ3v) is 3.65. The highest BCUT2D eigenvalue weighted by atomic mass is 16.6. The van der Waals surface area contributed by atoms with Crippen LogP contribution in [0.2, 0.25) is 0 Å². The zero-order valence-electron chi connectivity index (χ0n) is 11.1. The molecule has 6 heteroatoms. The van der Waals surface area contributed by atoms with E-state index in [1.54, 1.807) is 24.5 Å². The predicted molar refractivity (Wildman–Crippen MR) is 75.9 cm³/mol. The van der Waals surface area contributed by atoms with Crippen molar-refractivity contribution in [1.29, 1.82) is 0 Å². The van der Waals surface area contributed by atoms with Crippen LogP contribution in [0.1, 0.15) is 13.3 Å². The van der Waals surface area contributed by atoms with E-state index in [0.717, 1.165) is 24.1 Å². The van der Waals surface area contributed by atoms with Crippen molar-refractivity contribution in [3.63, 3.8) is 0 Å². The zero-order valence-corrected chi connectivity index (χ0v) is 11.1. The minimum absolute atomic E-state index is 0.0979. The van der Waals surface area contributed by atoms with Crippen LogP contribution in [0.3, 0.4) is 0 Å². The largest absolute Gasteiger partial charge is 0.379 e. The SMILES string of the molecule is CC1(Nc2ccc([N+](=O)[O-])c3ccncc23)CCOC1. The van der Waals surface area contributed by atoms with Crippen molar-refractivity contribution in [2.45, 2.75) is 18.9 Å². The number of aromatic nitrogens is 1. The second-order valence-electron chi connectivity index (χ2n) is 5.30. The summed E-state index contributed by atoms with van der Waals surface area (Å²) in [5.74, 6) is 0. The fourth-order valence-corrected chi connectivity index (χ4v) is 2.53. The molecule has 2 heterocycles. The smallest absolute Gasteiger partial charge is 0.277 e. The second-order valence-corrected chi connectivity index (χ2v) is 5.30. The number of rotatable bonds is 3. The van der Waals surface area contributed by atoms with E-state index in [9.17, 15) is 10.1 Å². The Bertz CT molecular complexity index is 666. The van der Waals surface area contributed by atoms with E-state index in [1.165, 1.54) is 6.07 Å². The zero-order chi connectivity index (χ0) is 14.2. The molecule has 1 N–H and O–H groups in total. The highest BCUT2D eigenvalue weighted by Gasteiger charge is 2.30. The van der Waals surface area contributed by atoms with Gasteiger partial charge >= 0.3 is 0 Å². The maximum Gasteiger partial charge on any atom is 0.277 e. The molecule has 104 valence electrons. The molecule has 0 aliphatic carbocycles. The van der Waals surface area contributed by atoms with Gasteiger partial charge in [-0.25, -0.2) is 0 Å². The molecule has 1 aliphatic rings. The average molecular weight is 273 g/mol. The number of fused-ring (bicyclic) bond motifs is 1. The van der Waals surface area contributed by atoms with Crippen LogP contribution >= 0.6 is 0 Å². The van der Waals surface area contributed by atoms with Crippen molar-refractivity contribution in [3.05, 3.63) is 40.7 Å². The maximum absolute atomic E-state index is 11.1. The first-order chi connectivity index (χ1) is 9.59. The molecule has 1 saturated heterocycles. The molecule has 0 radical (unpaired) electrons. The van der Waals surface area contributed by atoms with Gasteiger partial charge in [-0.2, -0.15) is 0 Å². The molecule has 0 amide bonds. The molecular weight excluding hydrogens is 258 g/mol. The summed E-state index contributed by atoms with van der Waals surface area (Å²) in [4.78, 5) is 14.8. The summed E-state index contributed by atoms with van der Waals surface area (Å²) in [5, 5.41) is 15.9. The molecule has 3 rings (SSSR count). The van der Waals surface area contributed by atoms with E-state index in [0.29, 0.717) is 12.0 Å². The molecule has 1 atom stereocenters. The Hall–Kier alpha value is -2.21. The molecule has 6 nitrogen and oxygen atoms in total. The van der Waals surface area contributed by atoms with E-state index >= 15 is 0 Å². The van der Waals surface area contributed by atoms with Gasteiger partial charge < -0.3 is 10.1 Å². The number of pyridine rings is 1. The van der Waals surface area contributed by atoms with Gasteiger partial charge in [-0.05, 0) is 25.5 Å². The highest BCUT2D eigenvalue weighted by molar-refractivity contribution is 5.99. The van der Waals surface area contributed by atoms with Crippen LogP contribution in [0.4, 0.5) is 11.4 Å². The van der Waals surface area contributed by atoms with Crippen LogP contribution in [-0.4, -0.2) is 28.7 Å². The Morgan fingerprint density at radius 2 is 2.25 bits per heavy atom. The normalized spacial score (nSPS) is 22.1. The van der Waals surface area contributed by atoms with Crippen LogP contribution < -0.4 is 5.32 Å². The summed E-state index contributed by atoms with van der Waals surface area (Å²) >= 11 is 0. The number of nitro groups is 1. The lowest BCUT2D eigenvalue weighted by atomic mass is 10.00. The van der Waals surface area contributed by atoms with E-state index in [1.807, 2.05) is 0 Å². The molecule has 0 spiro atoms. The number of nitrogens with one attached hydrogen (secondary N) is 1. The Labute approximate surface area is 115 Å². The number of hydrogen-bond donors (Lipinski definition) is 1. The van der Waals surface area contributed by atoms with Crippen LogP contribution in [0.25, 0.3) is 10.8 Å². The van der Waals surface area contributed by atoms with Gasteiger partial charge in [0, 0.05) is 36.1 Å². The lowest BCUT2D eigenvalue weighted by Gasteiger charge is -2.25. The monoisotopic (exact) mass is 273 g/mol. The summed E-state index contributed by atoms with van der Waals surface area (Å²) in [6.45, 7) is 3.45. The lowest BCUT2D eigenvalue weighted by molar-refractivity contribution is -0.383. The summed E-state index contributed by atoms with van der Waals surface area (Å²) in [6, 6.07) is 4.95. The van der Waals surface area contributed by atoms with Gasteiger partial charge in [0.2, 0.25) is 0 Å². The minimum Gasteiger partial charge on any atom is -0.379 e. The molecule has 0 bridgehead atoms. The van der Waals surface area contributed by atoms with Crippen LogP contribution in [0.5, 0.6) is 0 Å². The predicted octanol–water partition coefficient (Wildman–Crippen LogP) is 2.73. The number of nitrogens with zero attached hydrogens (tertiary/aromatic N) is 2. The Balaban J connectivity index is 2.08. The number of anilines is 1. The number of non-ortho nitro benzene ring substituents is 1. The van der Waals surface area contributed by atoms with Gasteiger partial charge in [0.1, 0.15) is 0 Å². The van der Waals surface area contributed by atoms with Gasteiger partial charge in [0.05, 0.1) is 22.5 Å². The molecule has 1 aliphatic heterocycles. The first-order valence-electron chi connectivity index (χ1n) is 6.46. The van der Waals surface area contributed by atoms with E-state index in [4.69, 9.17) is 4.74 Å². The first kappa shape index (κ1) is 12.8. The first-order valence-corrected chi connectivity index (χ1v) is 6.46. The van der Waals surface area contributed by atoms with Gasteiger partial charge in [0.15, 0.2) is 0 Å². The molecule has 0 saturated carbocycles. The highest BCUT2D eigenvalue weighted by Crippen LogP contribution is 2.33. The van der Waals surface area contributed by atoms with E-state index < -0.39 is 0 Å². The summed E-state index contributed by atoms with van der Waals surface area (Å²) in [6.07, 6.45) is 4.13. The topological polar surface area (TPSA) is 77.3 Å². The van der Waals surface area contributed by atoms with Crippen molar-refractivity contribution in [3.8, 4) is 0 Å². The summed E-state index contributed by atoms with van der Waals surface area (Å²) in [7, 11) is 0. The Kier molecular flexibility index (Phi) is 3.02. The number of hydrogen-bond acceptors (Lipinski definition) is 5. The summed E-state index contributed by atoms with van der Waals surface area (Å²) < 4.78 is 5.42. The van der Waals surface area contributed by atoms with Crippen LogP contribution in [0, 0.1) is 10.1 Å². The Morgan fingerprint density at radius 1 is 1.40 bits per heavy atom. The van der Waals surface area contributed by atoms with E-state index in [2.05, 4.69) is 17.2 Å². The Morgan fingerprint density at radius 3 is 2.95 bits per heavy atom. The van der Waals surface area contributed by atoms with Gasteiger partial charge in [-0.1, -0.05) is 0 Å². The number of nitro benzene ring substituents is 1. The van der Waals surface area contributed by atoms with Crippen molar-refractivity contribution in [2.24, 2.45) is 0 Å². The van der Waals surface area contributed by atoms with E-state index in [-0.39, 0.29) is 16.1 Å². The van der Waals surface area contributed by atoms with Crippen LogP contribution in [0.15, 0.2) is 30.6 Å². The lowest BCUT2D eigenvalue weighted by Crippen LogP contribution is -2.35. The standard InChI is InChI=1S/C14H15N3O3/c1-14(5-7-20-9-14)16-12-2-3-13(17(18)19)10-4-6-15-8-11(10)12/h2-4,6,8,16H,5,7,9H2,1H3. The number of ether oxygens (including phenoxy) is 1. The minimum atomic E-state index is -0.369. The van der Waals surface area contributed by atoms with Crippen molar-refractivity contribution >= 4 is 22.1 Å². The summed E-state index contributed by atoms with van der Waals surface area (Å²) in [5.41, 5.74) is 0.811. The van der Waals surface area contributed by atoms with Crippen LogP contribution in [-0.2, 0) is 4.74 Å². The molecule has 20 heavy (non-hydrogen) atoms. The fraction of sp³-hybridized carbons (Fsp3) is 0.357. The van der Waals surface area contributed by atoms with Gasteiger partial charge in [0.25, 0.3) is 5.69 Å². The molecule has 2 aromatic rings. The maximum atomic E-state index is 11.1. The quantitative estimate of drug-likeness (QED) is 0.687. The van der Waals surface area contributed by atoms with Gasteiger partial charge in [-0.3, -0.25) is 15.1 Å². The third-order valence-electron chi connectivity index (χ3n) is 3.65. The average Bonchev–Trinajstić information content (AvgIpc) is 2.85. The fourth-order valence-electron chi connectivity index (χ4n) is 2.53. The molecule has 1 fully saturated rings. The van der Waals surface area contributed by atoms with Gasteiger partial charge in [-0.15, -0.1) is 0 Å². The second kappa shape index (κ2) is 4.72. The molecule has 1 unspecified atom stereocenters. The molecule has 1 aromatic heterocycles. The third kappa shape index (κ3) is 2.18. The number of benzene rings is 1. The van der Waals surface area contributed by atoms with Crippen molar-refractivity contribution in [2.75, 3.05) is 18.5 Å². The molecule has 1 aromatic carbocycles. The molecular formula is C14H15N3O3. The van der Waals surface area contributed by atoms with Crippen molar-refractivity contribution in [1.82, 2.24) is 4.98 Å². The van der Waals surface area contributed by atoms with Crippen molar-refractivity contribution < 1.29 is 9.66 Å².